The minimum atomic E-state index is -4.77. The van der Waals surface area contributed by atoms with Crippen LogP contribution in [0, 0.1) is 6.92 Å². The molecule has 0 aliphatic rings. The van der Waals surface area contributed by atoms with Gasteiger partial charge in [0.1, 0.15) is 11.3 Å². The maximum atomic E-state index is 12.0. The summed E-state index contributed by atoms with van der Waals surface area (Å²) in [6.07, 6.45) is -4.77. The first-order chi connectivity index (χ1) is 7.85. The van der Waals surface area contributed by atoms with E-state index in [1.54, 1.807) is 13.0 Å². The molecule has 90 valence electrons. The summed E-state index contributed by atoms with van der Waals surface area (Å²) in [6, 6.07) is 5.13. The third-order valence-electron chi connectivity index (χ3n) is 2.12. The van der Waals surface area contributed by atoms with Crippen LogP contribution < -0.4 is 10.4 Å². The second-order valence-corrected chi connectivity index (χ2v) is 3.46. The van der Waals surface area contributed by atoms with E-state index in [-0.39, 0.29) is 5.58 Å². The fraction of sp³-hybridized carbons (Fsp3) is 0.182. The Morgan fingerprint density at radius 1 is 1.24 bits per heavy atom. The molecule has 0 unspecified atom stereocenters. The van der Waals surface area contributed by atoms with Gasteiger partial charge in [0, 0.05) is 17.0 Å². The number of aryl methyl sites for hydroxylation is 1. The Bertz CT molecular complexity index is 613. The van der Waals surface area contributed by atoms with Gasteiger partial charge in [-0.2, -0.15) is 0 Å². The highest BCUT2D eigenvalue weighted by Crippen LogP contribution is 2.26. The minimum Gasteiger partial charge on any atom is -0.422 e. The molecule has 0 aliphatic heterocycles. The molecule has 6 heteroatoms. The highest BCUT2D eigenvalue weighted by atomic mass is 19.4. The monoisotopic (exact) mass is 244 g/mol. The van der Waals surface area contributed by atoms with Gasteiger partial charge in [-0.1, -0.05) is 0 Å². The Balaban J connectivity index is 2.51. The van der Waals surface area contributed by atoms with Crippen LogP contribution in [0.5, 0.6) is 5.75 Å². The molecule has 3 nitrogen and oxygen atoms in total. The maximum Gasteiger partial charge on any atom is 0.573 e. The molecule has 0 amide bonds. The second-order valence-electron chi connectivity index (χ2n) is 3.46. The third-order valence-corrected chi connectivity index (χ3v) is 2.12. The van der Waals surface area contributed by atoms with E-state index in [0.29, 0.717) is 10.9 Å². The van der Waals surface area contributed by atoms with Gasteiger partial charge in [-0.05, 0) is 25.1 Å². The van der Waals surface area contributed by atoms with Crippen molar-refractivity contribution >= 4 is 11.0 Å². The summed E-state index contributed by atoms with van der Waals surface area (Å²) in [6.45, 7) is 1.56. The summed E-state index contributed by atoms with van der Waals surface area (Å²) < 4.78 is 44.5. The van der Waals surface area contributed by atoms with Crippen molar-refractivity contribution in [3.63, 3.8) is 0 Å². The van der Waals surface area contributed by atoms with Crippen LogP contribution in [0.1, 0.15) is 5.56 Å². The molecule has 17 heavy (non-hydrogen) atoms. The summed E-state index contributed by atoms with van der Waals surface area (Å²) in [7, 11) is 0. The van der Waals surface area contributed by atoms with Crippen molar-refractivity contribution in [3.8, 4) is 5.75 Å². The number of halogens is 3. The summed E-state index contributed by atoms with van der Waals surface area (Å²) in [5.41, 5.74) is -0.133. The van der Waals surface area contributed by atoms with Crippen LogP contribution in [-0.4, -0.2) is 6.36 Å². The highest BCUT2D eigenvalue weighted by Gasteiger charge is 2.31. The standard InChI is InChI=1S/C11H7F3O3/c1-6-4-7-2-3-8(17-11(12,13)14)5-9(7)16-10(6)15/h2-5H,1H3. The number of benzene rings is 1. The molecule has 0 saturated heterocycles. The molecule has 1 heterocycles. The Labute approximate surface area is 93.4 Å². The SMILES string of the molecule is Cc1cc2ccc(OC(F)(F)F)cc2oc1=O. The van der Waals surface area contributed by atoms with E-state index in [1.165, 1.54) is 6.07 Å². The van der Waals surface area contributed by atoms with Crippen molar-refractivity contribution in [1.82, 2.24) is 0 Å². The molecule has 0 saturated carbocycles. The highest BCUT2D eigenvalue weighted by molar-refractivity contribution is 5.78. The summed E-state index contributed by atoms with van der Waals surface area (Å²) in [5, 5.41) is 0.539. The second kappa shape index (κ2) is 3.80. The molecule has 0 radical (unpaired) electrons. The lowest BCUT2D eigenvalue weighted by atomic mass is 10.2. The van der Waals surface area contributed by atoms with E-state index in [0.717, 1.165) is 12.1 Å². The third kappa shape index (κ3) is 2.58. The zero-order chi connectivity index (χ0) is 12.6. The fourth-order valence-electron chi connectivity index (χ4n) is 1.39. The van der Waals surface area contributed by atoms with Gasteiger partial charge < -0.3 is 9.15 Å². The van der Waals surface area contributed by atoms with Gasteiger partial charge in [0.05, 0.1) is 0 Å². The van der Waals surface area contributed by atoms with Crippen LogP contribution in [0.25, 0.3) is 11.0 Å². The molecule has 1 aromatic heterocycles. The zero-order valence-corrected chi connectivity index (χ0v) is 8.67. The first-order valence-corrected chi connectivity index (χ1v) is 4.65. The lowest BCUT2D eigenvalue weighted by Crippen LogP contribution is -2.17. The van der Waals surface area contributed by atoms with Crippen molar-refractivity contribution in [1.29, 1.82) is 0 Å². The van der Waals surface area contributed by atoms with Gasteiger partial charge in [0.15, 0.2) is 0 Å². The lowest BCUT2D eigenvalue weighted by Gasteiger charge is -2.08. The van der Waals surface area contributed by atoms with Gasteiger partial charge >= 0.3 is 12.0 Å². The average Bonchev–Trinajstić information content (AvgIpc) is 2.18. The Hall–Kier alpha value is -1.98. The largest absolute Gasteiger partial charge is 0.573 e. The number of hydrogen-bond donors (Lipinski definition) is 0. The van der Waals surface area contributed by atoms with Gasteiger partial charge in [0.2, 0.25) is 0 Å². The fourth-order valence-corrected chi connectivity index (χ4v) is 1.39. The van der Waals surface area contributed by atoms with Gasteiger partial charge in [-0.3, -0.25) is 0 Å². The summed E-state index contributed by atoms with van der Waals surface area (Å²) in [5.74, 6) is -0.419. The molecular formula is C11H7F3O3. The zero-order valence-electron chi connectivity index (χ0n) is 8.67. The number of ether oxygens (including phenoxy) is 1. The predicted molar refractivity (Wildman–Crippen MR) is 53.9 cm³/mol. The Morgan fingerprint density at radius 3 is 2.59 bits per heavy atom. The van der Waals surface area contributed by atoms with Crippen LogP contribution in [-0.2, 0) is 0 Å². The van der Waals surface area contributed by atoms with Crippen molar-refractivity contribution in [2.75, 3.05) is 0 Å². The number of fused-ring (bicyclic) bond motifs is 1. The Kier molecular flexibility index (Phi) is 2.57. The maximum absolute atomic E-state index is 12.0. The van der Waals surface area contributed by atoms with Crippen LogP contribution in [0.4, 0.5) is 13.2 Å². The molecule has 0 bridgehead atoms. The van der Waals surface area contributed by atoms with E-state index in [4.69, 9.17) is 4.42 Å². The molecule has 0 N–H and O–H groups in total. The van der Waals surface area contributed by atoms with E-state index < -0.39 is 17.7 Å². The molecule has 0 fully saturated rings. The van der Waals surface area contributed by atoms with E-state index in [9.17, 15) is 18.0 Å². The lowest BCUT2D eigenvalue weighted by molar-refractivity contribution is -0.274. The molecule has 0 spiro atoms. The molecule has 1 aromatic carbocycles. The molecule has 0 aliphatic carbocycles. The predicted octanol–water partition coefficient (Wildman–Crippen LogP) is 3.00. The van der Waals surface area contributed by atoms with Crippen molar-refractivity contribution in [2.24, 2.45) is 0 Å². The first kappa shape index (κ1) is 11.5. The number of alkyl halides is 3. The summed E-state index contributed by atoms with van der Waals surface area (Å²) >= 11 is 0. The van der Waals surface area contributed by atoms with Crippen molar-refractivity contribution in [3.05, 3.63) is 40.2 Å². The first-order valence-electron chi connectivity index (χ1n) is 4.65. The topological polar surface area (TPSA) is 39.4 Å². The van der Waals surface area contributed by atoms with Crippen molar-refractivity contribution in [2.45, 2.75) is 13.3 Å². The Morgan fingerprint density at radius 2 is 1.94 bits per heavy atom. The van der Waals surface area contributed by atoms with Crippen LogP contribution in [0.3, 0.4) is 0 Å². The summed E-state index contributed by atoms with van der Waals surface area (Å²) in [4.78, 5) is 11.2. The van der Waals surface area contributed by atoms with E-state index in [1.807, 2.05) is 0 Å². The van der Waals surface area contributed by atoms with Gasteiger partial charge in [-0.25, -0.2) is 4.79 Å². The quantitative estimate of drug-likeness (QED) is 0.724. The number of rotatable bonds is 1. The molecular weight excluding hydrogens is 237 g/mol. The van der Waals surface area contributed by atoms with Crippen LogP contribution in [0.15, 0.2) is 33.5 Å². The smallest absolute Gasteiger partial charge is 0.422 e. The molecule has 2 aromatic rings. The van der Waals surface area contributed by atoms with Crippen LogP contribution in [0.2, 0.25) is 0 Å². The van der Waals surface area contributed by atoms with Gasteiger partial charge in [-0.15, -0.1) is 13.2 Å². The molecule has 0 atom stereocenters. The van der Waals surface area contributed by atoms with Crippen molar-refractivity contribution < 1.29 is 22.3 Å². The van der Waals surface area contributed by atoms with Gasteiger partial charge in [0.25, 0.3) is 0 Å². The molecule has 2 rings (SSSR count). The normalized spacial score (nSPS) is 11.8. The van der Waals surface area contributed by atoms with E-state index in [2.05, 4.69) is 4.74 Å². The number of hydrogen-bond acceptors (Lipinski definition) is 3. The minimum absolute atomic E-state index is 0.0577. The van der Waals surface area contributed by atoms with Crippen LogP contribution >= 0.6 is 0 Å². The van der Waals surface area contributed by atoms with E-state index >= 15 is 0 Å². The average molecular weight is 244 g/mol.